The molecule has 5 heteroatoms. The quantitative estimate of drug-likeness (QED) is 0.784. The molecule has 0 unspecified atom stereocenters. The Morgan fingerprint density at radius 2 is 1.93 bits per heavy atom. The zero-order chi connectivity index (χ0) is 20.2. The number of amides is 1. The molecule has 1 aliphatic carbocycles. The molecule has 0 radical (unpaired) electrons. The lowest BCUT2D eigenvalue weighted by atomic mass is 9.84. The van der Waals surface area contributed by atoms with E-state index in [9.17, 15) is 9.90 Å². The van der Waals surface area contributed by atoms with E-state index in [1.54, 1.807) is 0 Å². The first-order valence-corrected chi connectivity index (χ1v) is 10.6. The highest BCUT2D eigenvalue weighted by molar-refractivity contribution is 6.27. The Bertz CT molecular complexity index is 993. The van der Waals surface area contributed by atoms with Gasteiger partial charge < -0.3 is 14.7 Å². The number of fused-ring (bicyclic) bond motifs is 2. The first-order chi connectivity index (χ1) is 14.0. The lowest BCUT2D eigenvalue weighted by Crippen LogP contribution is -2.47. The molecule has 2 aromatic carbocycles. The number of halogens is 1. The van der Waals surface area contributed by atoms with Crippen LogP contribution in [0.5, 0.6) is 0 Å². The van der Waals surface area contributed by atoms with Crippen molar-refractivity contribution >= 4 is 23.1 Å². The van der Waals surface area contributed by atoms with Gasteiger partial charge in [0.15, 0.2) is 0 Å². The minimum atomic E-state index is -0.891. The van der Waals surface area contributed by atoms with E-state index in [4.69, 9.17) is 16.3 Å². The molecule has 1 fully saturated rings. The normalized spacial score (nSPS) is 24.7. The van der Waals surface area contributed by atoms with E-state index < -0.39 is 5.60 Å². The third-order valence-electron chi connectivity index (χ3n) is 6.54. The summed E-state index contributed by atoms with van der Waals surface area (Å²) < 4.78 is 5.18. The Balaban J connectivity index is 1.59. The van der Waals surface area contributed by atoms with E-state index >= 15 is 0 Å². The van der Waals surface area contributed by atoms with Crippen LogP contribution >= 0.6 is 11.6 Å². The molecule has 1 N–H and O–H groups in total. The van der Waals surface area contributed by atoms with Gasteiger partial charge >= 0.3 is 0 Å². The Labute approximate surface area is 175 Å². The third kappa shape index (κ3) is 2.93. The summed E-state index contributed by atoms with van der Waals surface area (Å²) >= 11 is 5.99. The molecule has 150 valence electrons. The smallest absolute Gasteiger partial charge is 0.238 e. The third-order valence-corrected chi connectivity index (χ3v) is 6.77. The number of alkyl halides is 1. The molecule has 5 rings (SSSR count). The van der Waals surface area contributed by atoms with Gasteiger partial charge in [-0.2, -0.15) is 0 Å². The molecule has 3 aliphatic rings. The second-order valence-corrected chi connectivity index (χ2v) is 8.64. The van der Waals surface area contributed by atoms with Gasteiger partial charge in [0.25, 0.3) is 0 Å². The highest BCUT2D eigenvalue weighted by Gasteiger charge is 2.41. The molecule has 2 aromatic rings. The molecule has 2 heterocycles. The van der Waals surface area contributed by atoms with Crippen LogP contribution in [0.4, 0.5) is 0 Å². The summed E-state index contributed by atoms with van der Waals surface area (Å²) in [5, 5.41) is 10.6. The highest BCUT2D eigenvalue weighted by Crippen LogP contribution is 2.48. The number of aliphatic hydroxyl groups is 1. The van der Waals surface area contributed by atoms with E-state index in [-0.39, 0.29) is 23.9 Å². The van der Waals surface area contributed by atoms with Crippen LogP contribution in [0.2, 0.25) is 0 Å². The average molecular weight is 410 g/mol. The minimum absolute atomic E-state index is 0.0222. The summed E-state index contributed by atoms with van der Waals surface area (Å²) in [6.07, 6.45) is 1.70. The molecule has 0 aromatic heterocycles. The number of carbonyl (C=O) groups is 1. The van der Waals surface area contributed by atoms with Crippen molar-refractivity contribution < 1.29 is 14.6 Å². The van der Waals surface area contributed by atoms with Gasteiger partial charge in [0.2, 0.25) is 5.91 Å². The summed E-state index contributed by atoms with van der Waals surface area (Å²) in [5.41, 5.74) is 6.33. The number of nitrogens with zero attached hydrogens (tertiary/aromatic N) is 1. The predicted molar refractivity (Wildman–Crippen MR) is 113 cm³/mol. The van der Waals surface area contributed by atoms with Gasteiger partial charge in [-0.3, -0.25) is 4.79 Å². The van der Waals surface area contributed by atoms with Crippen molar-refractivity contribution in [3.05, 3.63) is 76.4 Å². The van der Waals surface area contributed by atoms with E-state index in [1.165, 1.54) is 22.3 Å². The lowest BCUT2D eigenvalue weighted by molar-refractivity contribution is -0.184. The van der Waals surface area contributed by atoms with E-state index in [2.05, 4.69) is 31.2 Å². The lowest BCUT2D eigenvalue weighted by Gasteiger charge is -2.42. The Morgan fingerprint density at radius 3 is 2.59 bits per heavy atom. The standard InChI is InChI=1S/C24H24ClNO3/c1-15-10-20-19-5-3-2-4-17(19)11-21(20)23(26(15)22(27)12-25)16-6-8-18(9-7-16)24(28)13-29-14-24/h2-9,15,23,28H,10-14H2,1H3/t15-,23-/m0/s1. The molecule has 0 bridgehead atoms. The van der Waals surface area contributed by atoms with Crippen LogP contribution in [0, 0.1) is 0 Å². The van der Waals surface area contributed by atoms with Crippen molar-refractivity contribution in [1.29, 1.82) is 0 Å². The zero-order valence-corrected chi connectivity index (χ0v) is 17.2. The molecule has 4 nitrogen and oxygen atoms in total. The molecule has 2 aliphatic heterocycles. The minimum Gasteiger partial charge on any atom is -0.380 e. The molecule has 0 saturated carbocycles. The maximum Gasteiger partial charge on any atom is 0.238 e. The van der Waals surface area contributed by atoms with E-state index in [0.29, 0.717) is 13.2 Å². The van der Waals surface area contributed by atoms with Crippen LogP contribution < -0.4 is 0 Å². The van der Waals surface area contributed by atoms with Crippen molar-refractivity contribution in [3.8, 4) is 0 Å². The van der Waals surface area contributed by atoms with Crippen molar-refractivity contribution in [1.82, 2.24) is 4.90 Å². The topological polar surface area (TPSA) is 49.8 Å². The fourth-order valence-corrected chi connectivity index (χ4v) is 5.17. The number of hydrogen-bond acceptors (Lipinski definition) is 3. The molecular weight excluding hydrogens is 386 g/mol. The van der Waals surface area contributed by atoms with Crippen LogP contribution in [0.1, 0.15) is 41.6 Å². The summed E-state index contributed by atoms with van der Waals surface area (Å²) in [5.74, 6) is -0.0623. The monoisotopic (exact) mass is 409 g/mol. The second-order valence-electron chi connectivity index (χ2n) is 8.37. The SMILES string of the molecule is C[C@H]1CC2=C(Cc3ccccc32)[C@H](c2ccc(C3(O)COC3)cc2)N1C(=O)CCl. The van der Waals surface area contributed by atoms with E-state index in [0.717, 1.165) is 24.0 Å². The maximum atomic E-state index is 12.8. The molecular formula is C24H24ClNO3. The van der Waals surface area contributed by atoms with Gasteiger partial charge in [-0.15, -0.1) is 11.6 Å². The maximum absolute atomic E-state index is 12.8. The van der Waals surface area contributed by atoms with Crippen LogP contribution in [-0.4, -0.2) is 41.0 Å². The number of hydrogen-bond donors (Lipinski definition) is 1. The Kier molecular flexibility index (Phi) is 4.54. The number of rotatable bonds is 3. The first kappa shape index (κ1) is 18.9. The summed E-state index contributed by atoms with van der Waals surface area (Å²) in [6.45, 7) is 2.76. The van der Waals surface area contributed by atoms with Gasteiger partial charge in [-0.05, 0) is 53.2 Å². The van der Waals surface area contributed by atoms with E-state index in [1.807, 2.05) is 29.2 Å². The van der Waals surface area contributed by atoms with Crippen LogP contribution in [0.25, 0.3) is 5.57 Å². The summed E-state index contributed by atoms with van der Waals surface area (Å²) in [7, 11) is 0. The van der Waals surface area contributed by atoms with Crippen LogP contribution in [0.3, 0.4) is 0 Å². The second kappa shape index (κ2) is 6.98. The number of benzene rings is 2. The van der Waals surface area contributed by atoms with Crippen molar-refractivity contribution in [2.75, 3.05) is 19.1 Å². The predicted octanol–water partition coefficient (Wildman–Crippen LogP) is 3.82. The van der Waals surface area contributed by atoms with Crippen LogP contribution in [-0.2, 0) is 21.6 Å². The summed E-state index contributed by atoms with van der Waals surface area (Å²) in [4.78, 5) is 14.8. The Morgan fingerprint density at radius 1 is 1.21 bits per heavy atom. The first-order valence-electron chi connectivity index (χ1n) is 10.1. The molecule has 29 heavy (non-hydrogen) atoms. The molecule has 1 saturated heterocycles. The van der Waals surface area contributed by atoms with Gasteiger partial charge in [-0.1, -0.05) is 48.5 Å². The van der Waals surface area contributed by atoms with Crippen LogP contribution in [0.15, 0.2) is 54.1 Å². The van der Waals surface area contributed by atoms with Crippen molar-refractivity contribution in [3.63, 3.8) is 0 Å². The van der Waals surface area contributed by atoms with Crippen molar-refractivity contribution in [2.45, 2.75) is 37.5 Å². The van der Waals surface area contributed by atoms with Gasteiger partial charge in [0.05, 0.1) is 19.3 Å². The molecule has 2 atom stereocenters. The fourth-order valence-electron chi connectivity index (χ4n) is 5.03. The zero-order valence-electron chi connectivity index (χ0n) is 16.4. The molecule has 0 spiro atoms. The average Bonchev–Trinajstić information content (AvgIpc) is 3.09. The molecule has 1 amide bonds. The van der Waals surface area contributed by atoms with Gasteiger partial charge in [0.1, 0.15) is 11.5 Å². The number of ether oxygens (including phenoxy) is 1. The fraction of sp³-hybridized carbons (Fsp3) is 0.375. The summed E-state index contributed by atoms with van der Waals surface area (Å²) in [6, 6.07) is 16.5. The Hall–Kier alpha value is -2.14. The highest BCUT2D eigenvalue weighted by atomic mass is 35.5. The largest absolute Gasteiger partial charge is 0.380 e. The van der Waals surface area contributed by atoms with Gasteiger partial charge in [0, 0.05) is 6.04 Å². The number of carbonyl (C=O) groups excluding carboxylic acids is 1. The van der Waals surface area contributed by atoms with Gasteiger partial charge in [-0.25, -0.2) is 0 Å². The van der Waals surface area contributed by atoms with Crippen molar-refractivity contribution in [2.24, 2.45) is 0 Å².